The first-order valence-electron chi connectivity index (χ1n) is 7.68. The number of hydrogen-bond donors (Lipinski definition) is 0. The van der Waals surface area contributed by atoms with Crippen molar-refractivity contribution in [2.24, 2.45) is 0 Å². The van der Waals surface area contributed by atoms with Crippen LogP contribution in [0.5, 0.6) is 0 Å². The number of sulfone groups is 2. The third-order valence-corrected chi connectivity index (χ3v) is 7.47. The highest BCUT2D eigenvalue weighted by Gasteiger charge is 2.29. The minimum Gasteiger partial charge on any atom is -0.224 e. The van der Waals surface area contributed by atoms with Gasteiger partial charge < -0.3 is 0 Å². The van der Waals surface area contributed by atoms with Gasteiger partial charge in [0.1, 0.15) is 0 Å². The van der Waals surface area contributed by atoms with E-state index in [-0.39, 0.29) is 9.79 Å². The van der Waals surface area contributed by atoms with Gasteiger partial charge in [0.05, 0.1) is 20.8 Å². The molecule has 0 aliphatic rings. The summed E-state index contributed by atoms with van der Waals surface area (Å²) in [5, 5.41) is -1.38. The van der Waals surface area contributed by atoms with Crippen molar-refractivity contribution in [2.45, 2.75) is 35.8 Å². The fraction of sp³-hybridized carbons (Fsp3) is 0.294. The molecule has 6 heteroatoms. The predicted octanol–water partition coefficient (Wildman–Crippen LogP) is 2.94. The Hall–Kier alpha value is -1.66. The van der Waals surface area contributed by atoms with Crippen molar-refractivity contribution >= 4 is 19.7 Å². The van der Waals surface area contributed by atoms with E-state index in [1.807, 2.05) is 13.8 Å². The van der Waals surface area contributed by atoms with Crippen molar-refractivity contribution in [3.63, 3.8) is 0 Å². The van der Waals surface area contributed by atoms with E-state index in [4.69, 9.17) is 1.37 Å². The smallest absolute Gasteiger partial charge is 0.181 e. The summed E-state index contributed by atoms with van der Waals surface area (Å²) in [6.07, 6.45) is 0. The molecule has 2 aromatic carbocycles. The van der Waals surface area contributed by atoms with E-state index in [2.05, 4.69) is 0 Å². The van der Waals surface area contributed by atoms with Crippen LogP contribution in [0.2, 0.25) is 0 Å². The molecule has 0 fully saturated rings. The SMILES string of the molecule is [2H][C@H]([C@H](C)S(=O)(=O)c1ccc(C)cc1)S(=O)(=O)c1ccc(C)cc1. The molecule has 0 spiro atoms. The molecule has 0 aliphatic heterocycles. The van der Waals surface area contributed by atoms with Crippen LogP contribution >= 0.6 is 0 Å². The Morgan fingerprint density at radius 1 is 0.826 bits per heavy atom. The molecule has 2 aromatic rings. The molecule has 0 aliphatic carbocycles. The summed E-state index contributed by atoms with van der Waals surface area (Å²) in [7, 11) is -7.99. The van der Waals surface area contributed by atoms with Gasteiger partial charge in [0.15, 0.2) is 19.7 Å². The summed E-state index contributed by atoms with van der Waals surface area (Å²) >= 11 is 0. The quantitative estimate of drug-likeness (QED) is 0.829. The molecule has 0 radical (unpaired) electrons. The van der Waals surface area contributed by atoms with Crippen LogP contribution in [-0.2, 0) is 19.7 Å². The Balaban J connectivity index is 2.39. The molecule has 2 rings (SSSR count). The lowest BCUT2D eigenvalue weighted by Gasteiger charge is -2.14. The zero-order valence-corrected chi connectivity index (χ0v) is 14.9. The van der Waals surface area contributed by atoms with Gasteiger partial charge >= 0.3 is 0 Å². The molecule has 0 unspecified atom stereocenters. The molecular weight excluding hydrogens is 332 g/mol. The minimum atomic E-state index is -4.07. The van der Waals surface area contributed by atoms with Crippen molar-refractivity contribution in [3.05, 3.63) is 59.7 Å². The van der Waals surface area contributed by atoms with Crippen LogP contribution in [0.25, 0.3) is 0 Å². The molecule has 0 saturated heterocycles. The monoisotopic (exact) mass is 353 g/mol. The Labute approximate surface area is 139 Å². The molecule has 124 valence electrons. The highest BCUT2D eigenvalue weighted by molar-refractivity contribution is 7.95. The predicted molar refractivity (Wildman–Crippen MR) is 91.1 cm³/mol. The van der Waals surface area contributed by atoms with Crippen molar-refractivity contribution < 1.29 is 18.2 Å². The van der Waals surface area contributed by atoms with E-state index in [0.29, 0.717) is 0 Å². The Kier molecular flexibility index (Phi) is 4.55. The second-order valence-corrected chi connectivity index (χ2v) is 9.70. The van der Waals surface area contributed by atoms with Gasteiger partial charge in [0, 0.05) is 1.37 Å². The van der Waals surface area contributed by atoms with Crippen LogP contribution in [-0.4, -0.2) is 27.8 Å². The topological polar surface area (TPSA) is 68.3 Å². The van der Waals surface area contributed by atoms with Crippen LogP contribution in [0, 0.1) is 13.8 Å². The zero-order valence-electron chi connectivity index (χ0n) is 14.2. The first-order chi connectivity index (χ1) is 11.1. The number of benzene rings is 2. The maximum atomic E-state index is 12.6. The van der Waals surface area contributed by atoms with E-state index in [1.54, 1.807) is 24.3 Å². The zero-order chi connectivity index (χ0) is 18.1. The second kappa shape index (κ2) is 6.45. The Morgan fingerprint density at radius 3 is 1.65 bits per heavy atom. The lowest BCUT2D eigenvalue weighted by atomic mass is 10.2. The molecule has 0 heterocycles. The van der Waals surface area contributed by atoms with Gasteiger partial charge in [0.2, 0.25) is 0 Å². The standard InChI is InChI=1S/C17H20O4S2/c1-13-4-8-16(9-5-13)22(18,19)12-15(3)23(20,21)17-10-6-14(2)7-11-17/h4-11,15H,12H2,1-3H3/t15-/m0/s1/i12D/t12-,15+/m1. The second-order valence-electron chi connectivity index (χ2n) is 5.56. The molecule has 4 nitrogen and oxygen atoms in total. The third-order valence-electron chi connectivity index (χ3n) is 3.56. The normalized spacial score (nSPS) is 15.7. The minimum absolute atomic E-state index is 0.0250. The van der Waals surface area contributed by atoms with E-state index in [0.717, 1.165) is 11.1 Å². The maximum absolute atomic E-state index is 12.6. The molecule has 0 amide bonds. The van der Waals surface area contributed by atoms with Gasteiger partial charge in [-0.15, -0.1) is 0 Å². The first-order valence-corrected chi connectivity index (χ1v) is 10.2. The summed E-state index contributed by atoms with van der Waals surface area (Å²) in [4.78, 5) is -0.0176. The van der Waals surface area contributed by atoms with Gasteiger partial charge in [-0.2, -0.15) is 0 Å². The fourth-order valence-electron chi connectivity index (χ4n) is 2.07. The lowest BCUT2D eigenvalue weighted by molar-refractivity contribution is 0.577. The summed E-state index contributed by atoms with van der Waals surface area (Å²) < 4.78 is 58.4. The molecule has 2 atom stereocenters. The summed E-state index contributed by atoms with van der Waals surface area (Å²) in [6, 6.07) is 12.2. The van der Waals surface area contributed by atoms with Gasteiger partial charge in [-0.25, -0.2) is 16.8 Å². The molecule has 0 aromatic heterocycles. The molecule has 0 saturated carbocycles. The third kappa shape index (κ3) is 4.00. The van der Waals surface area contributed by atoms with E-state index in [9.17, 15) is 16.8 Å². The average Bonchev–Trinajstić information content (AvgIpc) is 2.54. The Morgan fingerprint density at radius 2 is 1.22 bits per heavy atom. The van der Waals surface area contributed by atoms with E-state index < -0.39 is 30.7 Å². The van der Waals surface area contributed by atoms with Crippen LogP contribution in [0.4, 0.5) is 0 Å². The van der Waals surface area contributed by atoms with Gasteiger partial charge in [-0.05, 0) is 45.0 Å². The van der Waals surface area contributed by atoms with Crippen molar-refractivity contribution in [3.8, 4) is 0 Å². The largest absolute Gasteiger partial charge is 0.224 e. The number of hydrogen-bond acceptors (Lipinski definition) is 4. The molecule has 23 heavy (non-hydrogen) atoms. The van der Waals surface area contributed by atoms with Crippen molar-refractivity contribution in [1.82, 2.24) is 0 Å². The average molecular weight is 353 g/mol. The number of aryl methyl sites for hydroxylation is 2. The Bertz CT molecular complexity index is 836. The van der Waals surface area contributed by atoms with Crippen LogP contribution in [0.15, 0.2) is 58.3 Å². The van der Waals surface area contributed by atoms with Gasteiger partial charge in [-0.1, -0.05) is 35.4 Å². The summed E-state index contributed by atoms with van der Waals surface area (Å²) in [6.45, 7) is 4.91. The van der Waals surface area contributed by atoms with Gasteiger partial charge in [-0.3, -0.25) is 0 Å². The van der Waals surface area contributed by atoms with Gasteiger partial charge in [0.25, 0.3) is 0 Å². The maximum Gasteiger partial charge on any atom is 0.181 e. The molecule has 0 bridgehead atoms. The van der Waals surface area contributed by atoms with Crippen LogP contribution in [0.1, 0.15) is 19.4 Å². The van der Waals surface area contributed by atoms with E-state index in [1.165, 1.54) is 31.2 Å². The molecular formula is C17H20O4S2. The summed E-state index contributed by atoms with van der Waals surface area (Å²) in [5.74, 6) is 0. The summed E-state index contributed by atoms with van der Waals surface area (Å²) in [5.41, 5.74) is -0.0152. The van der Waals surface area contributed by atoms with Crippen molar-refractivity contribution in [1.29, 1.82) is 0 Å². The molecule has 0 N–H and O–H groups in total. The van der Waals surface area contributed by atoms with Crippen molar-refractivity contribution in [2.75, 3.05) is 5.73 Å². The lowest BCUT2D eigenvalue weighted by Crippen LogP contribution is -2.27. The fourth-order valence-corrected chi connectivity index (χ4v) is 5.22. The highest BCUT2D eigenvalue weighted by atomic mass is 32.2. The van der Waals surface area contributed by atoms with Crippen LogP contribution < -0.4 is 0 Å². The number of rotatable bonds is 5. The first kappa shape index (κ1) is 16.2. The van der Waals surface area contributed by atoms with Crippen LogP contribution in [0.3, 0.4) is 0 Å². The highest BCUT2D eigenvalue weighted by Crippen LogP contribution is 2.21. The van der Waals surface area contributed by atoms with E-state index >= 15 is 0 Å².